The van der Waals surface area contributed by atoms with Crippen molar-refractivity contribution >= 4 is 23.6 Å². The van der Waals surface area contributed by atoms with Gasteiger partial charge in [0.05, 0.1) is 18.2 Å². The minimum absolute atomic E-state index is 0.0328. The molecule has 4 heterocycles. The Morgan fingerprint density at radius 3 is 2.57 bits per heavy atom. The van der Waals surface area contributed by atoms with E-state index in [0.717, 1.165) is 17.2 Å². The highest BCUT2D eigenvalue weighted by atomic mass is 16.5. The SMILES string of the molecule is Cn1oc(C(=O)NC2C3CC2N(C(=O)CCCN2C(=O)CCC2=O)C3)cc1=O. The summed E-state index contributed by atoms with van der Waals surface area (Å²) in [7, 11) is 1.43. The average molecular weight is 390 g/mol. The number of hydrogen-bond donors (Lipinski definition) is 1. The fraction of sp³-hybridized carbons (Fsp3) is 0.611. The Bertz CT molecular complexity index is 886. The minimum atomic E-state index is -0.460. The molecule has 4 fully saturated rings. The molecule has 10 heteroatoms. The van der Waals surface area contributed by atoms with E-state index in [1.807, 2.05) is 0 Å². The fourth-order valence-electron chi connectivity index (χ4n) is 4.28. The number of carbonyl (C=O) groups excluding carboxylic acids is 4. The molecule has 3 unspecified atom stereocenters. The van der Waals surface area contributed by atoms with Gasteiger partial charge in [-0.05, 0) is 12.8 Å². The van der Waals surface area contributed by atoms with Crippen LogP contribution in [0.3, 0.4) is 0 Å². The Kier molecular flexibility index (Phi) is 4.56. The van der Waals surface area contributed by atoms with Crippen LogP contribution in [0.25, 0.3) is 0 Å². The smallest absolute Gasteiger partial charge is 0.290 e. The van der Waals surface area contributed by atoms with Crippen molar-refractivity contribution in [3.8, 4) is 0 Å². The van der Waals surface area contributed by atoms with E-state index in [9.17, 15) is 24.0 Å². The van der Waals surface area contributed by atoms with Gasteiger partial charge in [0.2, 0.25) is 23.5 Å². The van der Waals surface area contributed by atoms with Crippen LogP contribution >= 0.6 is 0 Å². The second kappa shape index (κ2) is 6.92. The van der Waals surface area contributed by atoms with Crippen LogP contribution in [0.15, 0.2) is 15.4 Å². The molecule has 0 radical (unpaired) electrons. The molecule has 5 rings (SSSR count). The summed E-state index contributed by atoms with van der Waals surface area (Å²) in [5.41, 5.74) is -0.395. The lowest BCUT2D eigenvalue weighted by Crippen LogP contribution is -2.55. The van der Waals surface area contributed by atoms with Crippen molar-refractivity contribution < 1.29 is 23.7 Å². The standard InChI is InChI=1S/C18H22N4O6/c1-20-16(26)8-12(28-20)18(27)19-17-10-7-11(17)22(9-10)13(23)3-2-6-21-14(24)4-5-15(21)25/h8,10-11,17H,2-7,9H2,1H3,(H,19,27). The third kappa shape index (κ3) is 3.12. The number of fused-ring (bicyclic) bond motifs is 1. The van der Waals surface area contributed by atoms with Crippen LogP contribution in [0.4, 0.5) is 0 Å². The van der Waals surface area contributed by atoms with Gasteiger partial charge in [0.1, 0.15) is 0 Å². The first-order valence-electron chi connectivity index (χ1n) is 9.46. The van der Waals surface area contributed by atoms with Crippen LogP contribution in [0.5, 0.6) is 0 Å². The van der Waals surface area contributed by atoms with Gasteiger partial charge in [-0.25, -0.2) is 0 Å². The van der Waals surface area contributed by atoms with Crippen molar-refractivity contribution in [1.82, 2.24) is 19.9 Å². The predicted octanol–water partition coefficient (Wildman–Crippen LogP) is -0.763. The number of imide groups is 1. The van der Waals surface area contributed by atoms with Crippen LogP contribution in [0.2, 0.25) is 0 Å². The highest BCUT2D eigenvalue weighted by Gasteiger charge is 2.54. The molecule has 1 aromatic rings. The van der Waals surface area contributed by atoms with E-state index < -0.39 is 11.5 Å². The lowest BCUT2D eigenvalue weighted by atomic mass is 9.80. The molecule has 3 atom stereocenters. The van der Waals surface area contributed by atoms with Crippen LogP contribution in [0.1, 0.15) is 42.7 Å². The van der Waals surface area contributed by atoms with Crippen molar-refractivity contribution in [2.24, 2.45) is 13.0 Å². The molecule has 4 amide bonds. The molecular formula is C18H22N4O6. The topological polar surface area (TPSA) is 122 Å². The number of carbonyl (C=O) groups is 4. The van der Waals surface area contributed by atoms with Gasteiger partial charge in [0, 0.05) is 45.3 Å². The number of likely N-dealkylation sites (tertiary alicyclic amines) is 1. The van der Waals surface area contributed by atoms with Crippen molar-refractivity contribution in [1.29, 1.82) is 0 Å². The Morgan fingerprint density at radius 2 is 1.93 bits per heavy atom. The fourth-order valence-corrected chi connectivity index (χ4v) is 4.28. The Morgan fingerprint density at radius 1 is 1.21 bits per heavy atom. The number of rotatable bonds is 6. The maximum atomic E-state index is 12.5. The zero-order valence-corrected chi connectivity index (χ0v) is 15.6. The summed E-state index contributed by atoms with van der Waals surface area (Å²) in [6.45, 7) is 0.854. The minimum Gasteiger partial charge on any atom is -0.371 e. The van der Waals surface area contributed by atoms with E-state index in [-0.39, 0.29) is 67.3 Å². The van der Waals surface area contributed by atoms with Gasteiger partial charge in [-0.1, -0.05) is 0 Å². The third-order valence-corrected chi connectivity index (χ3v) is 5.87. The molecule has 0 aromatic carbocycles. The van der Waals surface area contributed by atoms with Gasteiger partial charge in [-0.2, -0.15) is 4.74 Å². The van der Waals surface area contributed by atoms with E-state index in [1.54, 1.807) is 4.90 Å². The first-order chi connectivity index (χ1) is 13.3. The van der Waals surface area contributed by atoms with E-state index in [2.05, 4.69) is 5.32 Å². The van der Waals surface area contributed by atoms with Gasteiger partial charge < -0.3 is 14.7 Å². The molecular weight excluding hydrogens is 368 g/mol. The molecule has 1 aliphatic carbocycles. The lowest BCUT2D eigenvalue weighted by Gasteiger charge is -2.36. The molecule has 4 aliphatic rings. The third-order valence-electron chi connectivity index (χ3n) is 5.87. The molecule has 0 spiro atoms. The molecule has 2 bridgehead atoms. The average Bonchev–Trinajstić information content (AvgIpc) is 3.39. The predicted molar refractivity (Wildman–Crippen MR) is 94.0 cm³/mol. The normalized spacial score (nSPS) is 26.0. The Labute approximate surface area is 160 Å². The molecule has 1 N–H and O–H groups in total. The zero-order chi connectivity index (χ0) is 20.0. The van der Waals surface area contributed by atoms with E-state index in [4.69, 9.17) is 4.52 Å². The van der Waals surface area contributed by atoms with Crippen LogP contribution in [0, 0.1) is 5.92 Å². The van der Waals surface area contributed by atoms with Crippen molar-refractivity contribution in [3.63, 3.8) is 0 Å². The van der Waals surface area contributed by atoms with Crippen molar-refractivity contribution in [2.75, 3.05) is 13.1 Å². The van der Waals surface area contributed by atoms with E-state index >= 15 is 0 Å². The van der Waals surface area contributed by atoms with Crippen molar-refractivity contribution in [2.45, 2.75) is 44.2 Å². The number of aryl methyl sites for hydroxylation is 1. The highest BCUT2D eigenvalue weighted by Crippen LogP contribution is 2.41. The summed E-state index contributed by atoms with van der Waals surface area (Å²) in [5, 5.41) is 2.86. The number of amides is 4. The van der Waals surface area contributed by atoms with Gasteiger partial charge in [0.15, 0.2) is 0 Å². The summed E-state index contributed by atoms with van der Waals surface area (Å²) in [4.78, 5) is 62.4. The van der Waals surface area contributed by atoms with Gasteiger partial charge in [-0.15, -0.1) is 0 Å². The van der Waals surface area contributed by atoms with Gasteiger partial charge >= 0.3 is 0 Å². The second-order valence-electron chi connectivity index (χ2n) is 7.59. The molecule has 150 valence electrons. The molecule has 10 nitrogen and oxygen atoms in total. The highest BCUT2D eigenvalue weighted by molar-refractivity contribution is 6.01. The van der Waals surface area contributed by atoms with Gasteiger partial charge in [-0.3, -0.25) is 28.9 Å². The quantitative estimate of drug-likeness (QED) is 0.637. The second-order valence-corrected chi connectivity index (χ2v) is 7.59. The summed E-state index contributed by atoms with van der Waals surface area (Å²) in [6, 6.07) is 0.926. The van der Waals surface area contributed by atoms with E-state index in [0.29, 0.717) is 13.0 Å². The number of hydrogen-bond acceptors (Lipinski definition) is 6. The van der Waals surface area contributed by atoms with Crippen molar-refractivity contribution in [3.05, 3.63) is 22.2 Å². The monoisotopic (exact) mass is 390 g/mol. The Balaban J connectivity index is 1.27. The van der Waals surface area contributed by atoms with Gasteiger partial charge in [0.25, 0.3) is 11.5 Å². The molecule has 28 heavy (non-hydrogen) atoms. The van der Waals surface area contributed by atoms with Crippen LogP contribution < -0.4 is 10.9 Å². The Hall–Kier alpha value is -2.91. The summed E-state index contributed by atoms with van der Waals surface area (Å²) < 4.78 is 6.06. The summed E-state index contributed by atoms with van der Waals surface area (Å²) in [5.74, 6) is -0.688. The molecule has 3 aliphatic heterocycles. The van der Waals surface area contributed by atoms with E-state index in [1.165, 1.54) is 11.9 Å². The first-order valence-corrected chi connectivity index (χ1v) is 9.46. The molecule has 1 saturated carbocycles. The number of aromatic nitrogens is 1. The number of nitrogens with one attached hydrogen (secondary N) is 1. The lowest BCUT2D eigenvalue weighted by molar-refractivity contribution is -0.139. The zero-order valence-electron chi connectivity index (χ0n) is 15.6. The van der Waals surface area contributed by atoms with Crippen LogP contribution in [-0.2, 0) is 21.4 Å². The summed E-state index contributed by atoms with van der Waals surface area (Å²) >= 11 is 0. The van der Waals surface area contributed by atoms with Crippen LogP contribution in [-0.4, -0.2) is 63.3 Å². The number of nitrogens with zero attached hydrogens (tertiary/aromatic N) is 3. The summed E-state index contributed by atoms with van der Waals surface area (Å²) in [6.07, 6.45) is 2.04. The first kappa shape index (κ1) is 18.5. The largest absolute Gasteiger partial charge is 0.371 e. The molecule has 3 saturated heterocycles. The maximum absolute atomic E-state index is 12.5. The maximum Gasteiger partial charge on any atom is 0.290 e. The molecule has 1 aromatic heterocycles.